The normalized spacial score (nSPS) is 18.4. The Kier molecular flexibility index (Phi) is 7.43. The molecule has 0 aromatic heterocycles. The molecule has 32 heavy (non-hydrogen) atoms. The van der Waals surface area contributed by atoms with Crippen molar-refractivity contribution in [3.8, 4) is 16.9 Å². The summed E-state index contributed by atoms with van der Waals surface area (Å²) in [6.45, 7) is 5.04. The number of benzene rings is 2. The summed E-state index contributed by atoms with van der Waals surface area (Å²) in [5.41, 5.74) is 2.18. The van der Waals surface area contributed by atoms with Crippen molar-refractivity contribution in [3.63, 3.8) is 0 Å². The van der Waals surface area contributed by atoms with E-state index in [2.05, 4.69) is 10.2 Å². The van der Waals surface area contributed by atoms with Crippen LogP contribution in [0, 0.1) is 11.2 Å². The van der Waals surface area contributed by atoms with Crippen LogP contribution in [0.15, 0.2) is 42.5 Å². The maximum Gasteiger partial charge on any atom is 0.226 e. The number of rotatable bonds is 8. The van der Waals surface area contributed by atoms with Crippen LogP contribution in [-0.2, 0) is 16.0 Å². The minimum absolute atomic E-state index is 0.119. The quantitative estimate of drug-likeness (QED) is 0.673. The van der Waals surface area contributed by atoms with E-state index in [0.717, 1.165) is 30.8 Å². The molecule has 5 nitrogen and oxygen atoms in total. The predicted molar refractivity (Wildman–Crippen MR) is 123 cm³/mol. The number of carbonyl (C=O) groups excluding carboxylic acids is 1. The van der Waals surface area contributed by atoms with Crippen LogP contribution in [-0.4, -0.2) is 57.3 Å². The first-order valence-corrected chi connectivity index (χ1v) is 11.6. The van der Waals surface area contributed by atoms with Crippen molar-refractivity contribution in [1.29, 1.82) is 0 Å². The minimum Gasteiger partial charge on any atom is -0.496 e. The van der Waals surface area contributed by atoms with E-state index < -0.39 is 5.41 Å². The van der Waals surface area contributed by atoms with Gasteiger partial charge in [-0.15, -0.1) is 0 Å². The number of halogens is 1. The zero-order chi connectivity index (χ0) is 22.4. The van der Waals surface area contributed by atoms with E-state index in [4.69, 9.17) is 9.47 Å². The van der Waals surface area contributed by atoms with Gasteiger partial charge in [-0.05, 0) is 74.5 Å². The van der Waals surface area contributed by atoms with Gasteiger partial charge in [0.05, 0.1) is 12.5 Å². The molecule has 0 bridgehead atoms. The van der Waals surface area contributed by atoms with Crippen molar-refractivity contribution in [2.24, 2.45) is 5.41 Å². The summed E-state index contributed by atoms with van der Waals surface area (Å²) in [7, 11) is 1.59. The number of nitrogens with one attached hydrogen (secondary N) is 1. The number of nitrogens with zero attached hydrogens (tertiary/aromatic N) is 1. The molecule has 4 rings (SSSR count). The van der Waals surface area contributed by atoms with E-state index in [9.17, 15) is 9.18 Å². The molecule has 2 heterocycles. The molecular weight excluding hydrogens is 407 g/mol. The molecule has 0 aliphatic carbocycles. The van der Waals surface area contributed by atoms with Crippen molar-refractivity contribution in [2.45, 2.75) is 32.1 Å². The van der Waals surface area contributed by atoms with Gasteiger partial charge in [0.25, 0.3) is 0 Å². The first kappa shape index (κ1) is 22.7. The fourth-order valence-corrected chi connectivity index (χ4v) is 4.91. The molecule has 2 saturated heterocycles. The predicted octanol–water partition coefficient (Wildman–Crippen LogP) is 4.05. The average molecular weight is 441 g/mol. The topological polar surface area (TPSA) is 50.8 Å². The molecule has 0 spiro atoms. The monoisotopic (exact) mass is 440 g/mol. The van der Waals surface area contributed by atoms with Crippen LogP contribution in [0.3, 0.4) is 0 Å². The van der Waals surface area contributed by atoms with Gasteiger partial charge in [0.2, 0.25) is 5.91 Å². The fourth-order valence-electron chi connectivity index (χ4n) is 4.91. The summed E-state index contributed by atoms with van der Waals surface area (Å²) in [5, 5.41) is 3.21. The number of ether oxygens (including phenoxy) is 2. The van der Waals surface area contributed by atoms with Crippen molar-refractivity contribution in [3.05, 3.63) is 53.8 Å². The lowest BCUT2D eigenvalue weighted by atomic mass is 9.74. The largest absolute Gasteiger partial charge is 0.496 e. The highest BCUT2D eigenvalue weighted by Gasteiger charge is 2.40. The Hall–Kier alpha value is -2.44. The van der Waals surface area contributed by atoms with Gasteiger partial charge in [-0.3, -0.25) is 4.79 Å². The third-order valence-electron chi connectivity index (χ3n) is 6.79. The molecule has 2 aromatic carbocycles. The molecular formula is C26H33FN2O3. The van der Waals surface area contributed by atoms with Gasteiger partial charge < -0.3 is 19.7 Å². The Morgan fingerprint density at radius 3 is 2.69 bits per heavy atom. The number of hydrogen-bond donors (Lipinski definition) is 1. The number of amides is 1. The zero-order valence-corrected chi connectivity index (χ0v) is 18.9. The van der Waals surface area contributed by atoms with Crippen LogP contribution in [0.2, 0.25) is 0 Å². The second-order valence-electron chi connectivity index (χ2n) is 8.92. The maximum atomic E-state index is 13.9. The third-order valence-corrected chi connectivity index (χ3v) is 6.79. The Morgan fingerprint density at radius 1 is 1.16 bits per heavy atom. The van der Waals surface area contributed by atoms with Crippen LogP contribution in [0.25, 0.3) is 11.1 Å². The molecule has 2 aromatic rings. The van der Waals surface area contributed by atoms with E-state index in [1.165, 1.54) is 25.0 Å². The molecule has 2 aliphatic rings. The van der Waals surface area contributed by atoms with Gasteiger partial charge in [-0.25, -0.2) is 4.39 Å². The van der Waals surface area contributed by atoms with Crippen LogP contribution < -0.4 is 10.1 Å². The standard InChI is InChI=1S/C26H33FN2O3/c1-31-24-8-7-22(27)18-23(24)21-6-4-5-20(17-21)19-26(9-15-32-16-10-26)25(30)28-11-14-29-12-2-3-13-29/h4-8,17-18H,2-3,9-16,19H2,1H3,(H,28,30). The second kappa shape index (κ2) is 10.5. The average Bonchev–Trinajstić information content (AvgIpc) is 3.33. The molecule has 1 amide bonds. The van der Waals surface area contributed by atoms with E-state index in [0.29, 0.717) is 50.3 Å². The molecule has 0 atom stereocenters. The highest BCUT2D eigenvalue weighted by molar-refractivity contribution is 5.83. The van der Waals surface area contributed by atoms with E-state index >= 15 is 0 Å². The van der Waals surface area contributed by atoms with Gasteiger partial charge in [0.15, 0.2) is 0 Å². The van der Waals surface area contributed by atoms with Gasteiger partial charge in [-0.2, -0.15) is 0 Å². The second-order valence-corrected chi connectivity index (χ2v) is 8.92. The van der Waals surface area contributed by atoms with Gasteiger partial charge in [0.1, 0.15) is 11.6 Å². The summed E-state index contributed by atoms with van der Waals surface area (Å²) in [4.78, 5) is 15.8. The number of methoxy groups -OCH3 is 1. The Bertz CT molecular complexity index is 921. The fraction of sp³-hybridized carbons (Fsp3) is 0.500. The lowest BCUT2D eigenvalue weighted by Gasteiger charge is -2.36. The summed E-state index contributed by atoms with van der Waals surface area (Å²) in [5.74, 6) is 0.446. The molecule has 6 heteroatoms. The zero-order valence-electron chi connectivity index (χ0n) is 18.9. The van der Waals surface area contributed by atoms with E-state index in [1.54, 1.807) is 13.2 Å². The SMILES string of the molecule is COc1ccc(F)cc1-c1cccc(CC2(C(=O)NCCN3CCCC3)CCOCC2)c1. The van der Waals surface area contributed by atoms with Crippen LogP contribution in [0.4, 0.5) is 4.39 Å². The van der Waals surface area contributed by atoms with Crippen LogP contribution in [0.5, 0.6) is 5.75 Å². The van der Waals surface area contributed by atoms with Crippen molar-refractivity contribution >= 4 is 5.91 Å². The number of hydrogen-bond acceptors (Lipinski definition) is 4. The lowest BCUT2D eigenvalue weighted by Crippen LogP contribution is -2.47. The first-order valence-electron chi connectivity index (χ1n) is 11.6. The van der Waals surface area contributed by atoms with Gasteiger partial charge >= 0.3 is 0 Å². The molecule has 0 saturated carbocycles. The van der Waals surface area contributed by atoms with Gasteiger partial charge in [0, 0.05) is 31.9 Å². The summed E-state index contributed by atoms with van der Waals surface area (Å²) in [6.07, 6.45) is 4.55. The number of carbonyl (C=O) groups is 1. The Labute approximate surface area is 189 Å². The minimum atomic E-state index is -0.478. The number of likely N-dealkylation sites (tertiary alicyclic amines) is 1. The lowest BCUT2D eigenvalue weighted by molar-refractivity contribution is -0.136. The molecule has 172 valence electrons. The molecule has 0 unspecified atom stereocenters. The summed E-state index contributed by atoms with van der Waals surface area (Å²) in [6, 6.07) is 12.5. The van der Waals surface area contributed by atoms with Gasteiger partial charge in [-0.1, -0.05) is 24.3 Å². The third kappa shape index (κ3) is 5.30. The maximum absolute atomic E-state index is 13.9. The summed E-state index contributed by atoms with van der Waals surface area (Å²) < 4.78 is 24.9. The van der Waals surface area contributed by atoms with Crippen molar-refractivity contribution < 1.29 is 18.7 Å². The van der Waals surface area contributed by atoms with E-state index in [1.807, 2.05) is 24.3 Å². The van der Waals surface area contributed by atoms with Crippen LogP contribution >= 0.6 is 0 Å². The first-order chi connectivity index (χ1) is 15.6. The van der Waals surface area contributed by atoms with E-state index in [-0.39, 0.29) is 11.7 Å². The Morgan fingerprint density at radius 2 is 1.94 bits per heavy atom. The highest BCUT2D eigenvalue weighted by Crippen LogP contribution is 2.37. The van der Waals surface area contributed by atoms with Crippen molar-refractivity contribution in [2.75, 3.05) is 46.5 Å². The highest BCUT2D eigenvalue weighted by atomic mass is 19.1. The Balaban J connectivity index is 1.51. The summed E-state index contributed by atoms with van der Waals surface area (Å²) >= 11 is 0. The van der Waals surface area contributed by atoms with Crippen molar-refractivity contribution in [1.82, 2.24) is 10.2 Å². The van der Waals surface area contributed by atoms with Crippen LogP contribution in [0.1, 0.15) is 31.2 Å². The molecule has 0 radical (unpaired) electrons. The molecule has 2 fully saturated rings. The smallest absolute Gasteiger partial charge is 0.226 e. The molecule has 2 aliphatic heterocycles. The molecule has 1 N–H and O–H groups in total.